The van der Waals surface area contributed by atoms with Crippen LogP contribution >= 0.6 is 11.3 Å². The number of aromatic nitrogens is 2. The Kier molecular flexibility index (Phi) is 3.62. The van der Waals surface area contributed by atoms with Crippen LogP contribution in [0.4, 0.5) is 5.82 Å². The summed E-state index contributed by atoms with van der Waals surface area (Å²) in [7, 11) is 0. The van der Waals surface area contributed by atoms with Crippen LogP contribution in [0.3, 0.4) is 0 Å². The van der Waals surface area contributed by atoms with Crippen LogP contribution in [0, 0.1) is 0 Å². The number of aryl methyl sites for hydroxylation is 1. The fraction of sp³-hybridized carbons (Fsp3) is 0.105. The van der Waals surface area contributed by atoms with E-state index in [9.17, 15) is 9.59 Å². The highest BCUT2D eigenvalue weighted by atomic mass is 32.1. The van der Waals surface area contributed by atoms with E-state index in [0.717, 1.165) is 21.4 Å². The lowest BCUT2D eigenvalue weighted by Crippen LogP contribution is -2.23. The number of nitrogens with zero attached hydrogens (tertiary/aromatic N) is 2. The molecule has 2 N–H and O–H groups in total. The zero-order chi connectivity index (χ0) is 17.6. The summed E-state index contributed by atoms with van der Waals surface area (Å²) in [5.74, 6) is 0.159. The normalized spacial score (nSPS) is 11.2. The quantitative estimate of drug-likeness (QED) is 0.564. The fourth-order valence-corrected chi connectivity index (χ4v) is 4.30. The fourth-order valence-electron chi connectivity index (χ4n) is 3.02. The van der Waals surface area contributed by atoms with Crippen molar-refractivity contribution in [3.05, 3.63) is 74.9 Å². The van der Waals surface area contributed by atoms with E-state index in [1.165, 1.54) is 4.57 Å². The Morgan fingerprint density at radius 3 is 2.68 bits per heavy atom. The molecule has 2 aromatic heterocycles. The minimum atomic E-state index is -0.497. The van der Waals surface area contributed by atoms with Gasteiger partial charge < -0.3 is 5.73 Å². The highest BCUT2D eigenvalue weighted by Crippen LogP contribution is 2.31. The Morgan fingerprint density at radius 1 is 1.12 bits per heavy atom. The zero-order valence-electron chi connectivity index (χ0n) is 13.5. The topological polar surface area (TPSA) is 78.0 Å². The van der Waals surface area contributed by atoms with Crippen molar-refractivity contribution in [2.75, 3.05) is 5.73 Å². The molecule has 0 aliphatic heterocycles. The van der Waals surface area contributed by atoms with Crippen LogP contribution in [0.15, 0.2) is 58.3 Å². The average Bonchev–Trinajstić information content (AvgIpc) is 2.61. The van der Waals surface area contributed by atoms with Crippen molar-refractivity contribution in [1.29, 1.82) is 0 Å². The monoisotopic (exact) mass is 349 g/mol. The van der Waals surface area contributed by atoms with E-state index in [0.29, 0.717) is 16.5 Å². The molecule has 0 aliphatic carbocycles. The van der Waals surface area contributed by atoms with Crippen molar-refractivity contribution in [1.82, 2.24) is 9.55 Å². The van der Waals surface area contributed by atoms with Gasteiger partial charge in [-0.1, -0.05) is 25.1 Å². The van der Waals surface area contributed by atoms with Gasteiger partial charge in [0.1, 0.15) is 5.82 Å². The predicted molar refractivity (Wildman–Crippen MR) is 103 cm³/mol. The molecule has 25 heavy (non-hydrogen) atoms. The van der Waals surface area contributed by atoms with Gasteiger partial charge in [-0.3, -0.25) is 9.36 Å². The van der Waals surface area contributed by atoms with Crippen LogP contribution in [-0.2, 0) is 6.42 Å². The van der Waals surface area contributed by atoms with Gasteiger partial charge in [0.15, 0.2) is 5.43 Å². The molecule has 2 aromatic carbocycles. The molecule has 2 heterocycles. The molecule has 6 heteroatoms. The number of fused-ring (bicyclic) bond motifs is 2. The van der Waals surface area contributed by atoms with E-state index in [1.54, 1.807) is 23.6 Å². The number of rotatable bonds is 2. The second kappa shape index (κ2) is 5.82. The maximum absolute atomic E-state index is 13.2. The summed E-state index contributed by atoms with van der Waals surface area (Å²) in [5, 5.41) is 1.21. The molecule has 124 valence electrons. The summed E-state index contributed by atoms with van der Waals surface area (Å²) in [6.07, 6.45) is 2.37. The molecular formula is C19H15N3O2S. The van der Waals surface area contributed by atoms with Gasteiger partial charge in [0.25, 0.3) is 0 Å². The lowest BCUT2D eigenvalue weighted by Gasteiger charge is -2.12. The first-order chi connectivity index (χ1) is 12.1. The van der Waals surface area contributed by atoms with E-state index < -0.39 is 5.69 Å². The molecule has 0 saturated heterocycles. The molecule has 4 rings (SSSR count). The lowest BCUT2D eigenvalue weighted by atomic mass is 10.1. The Morgan fingerprint density at radius 2 is 1.92 bits per heavy atom. The number of nitrogens with two attached hydrogens (primary N) is 1. The smallest absolute Gasteiger partial charge is 0.354 e. The highest BCUT2D eigenvalue weighted by Gasteiger charge is 2.15. The first kappa shape index (κ1) is 15.5. The lowest BCUT2D eigenvalue weighted by molar-refractivity contribution is 0.925. The Labute approximate surface area is 147 Å². The molecule has 4 aromatic rings. The van der Waals surface area contributed by atoms with Crippen LogP contribution in [0.5, 0.6) is 0 Å². The van der Waals surface area contributed by atoms with E-state index >= 15 is 0 Å². The molecule has 5 nitrogen and oxygen atoms in total. The second-order valence-electron chi connectivity index (χ2n) is 5.73. The SMILES string of the molecule is CCc1ccc(-n2ccc(N)nc2=O)c2c(=O)c3ccccc3sc12. The largest absolute Gasteiger partial charge is 0.383 e. The molecule has 0 aliphatic rings. The van der Waals surface area contributed by atoms with Gasteiger partial charge in [0, 0.05) is 21.0 Å². The number of hydrogen-bond donors (Lipinski definition) is 1. The Balaban J connectivity index is 2.21. The van der Waals surface area contributed by atoms with Crippen molar-refractivity contribution in [2.45, 2.75) is 13.3 Å². The van der Waals surface area contributed by atoms with Crippen LogP contribution < -0.4 is 16.9 Å². The number of nitrogen functional groups attached to an aromatic ring is 1. The maximum atomic E-state index is 13.2. The molecule has 0 atom stereocenters. The minimum Gasteiger partial charge on any atom is -0.383 e. The molecular weight excluding hydrogens is 334 g/mol. The second-order valence-corrected chi connectivity index (χ2v) is 6.79. The van der Waals surface area contributed by atoms with Crippen molar-refractivity contribution in [3.63, 3.8) is 0 Å². The zero-order valence-corrected chi connectivity index (χ0v) is 14.3. The van der Waals surface area contributed by atoms with Gasteiger partial charge in [-0.25, -0.2) is 4.79 Å². The van der Waals surface area contributed by atoms with E-state index in [1.807, 2.05) is 36.4 Å². The van der Waals surface area contributed by atoms with Crippen LogP contribution in [0.1, 0.15) is 12.5 Å². The molecule has 0 saturated carbocycles. The molecule has 0 bridgehead atoms. The van der Waals surface area contributed by atoms with E-state index in [-0.39, 0.29) is 11.2 Å². The first-order valence-electron chi connectivity index (χ1n) is 7.93. The van der Waals surface area contributed by atoms with Crippen LogP contribution in [0.2, 0.25) is 0 Å². The summed E-state index contributed by atoms with van der Waals surface area (Å²) in [4.78, 5) is 29.2. The Hall–Kier alpha value is -2.99. The van der Waals surface area contributed by atoms with Gasteiger partial charge in [-0.05, 0) is 36.2 Å². The standard InChI is InChI=1S/C19H15N3O2S/c1-2-11-7-8-13(22-10-9-15(20)21-19(22)24)16-17(23)12-5-3-4-6-14(12)25-18(11)16/h3-10H,2H2,1H3,(H2,20,21,24). The molecule has 0 fully saturated rings. The van der Waals surface area contributed by atoms with Crippen molar-refractivity contribution >= 4 is 37.3 Å². The van der Waals surface area contributed by atoms with Gasteiger partial charge in [-0.15, -0.1) is 11.3 Å². The number of benzene rings is 2. The third-order valence-electron chi connectivity index (χ3n) is 4.25. The highest BCUT2D eigenvalue weighted by molar-refractivity contribution is 7.24. The van der Waals surface area contributed by atoms with Gasteiger partial charge in [-0.2, -0.15) is 4.98 Å². The van der Waals surface area contributed by atoms with Gasteiger partial charge in [0.05, 0.1) is 11.1 Å². The molecule has 0 spiro atoms. The summed E-state index contributed by atoms with van der Waals surface area (Å²) in [6.45, 7) is 2.05. The van der Waals surface area contributed by atoms with Crippen molar-refractivity contribution in [3.8, 4) is 5.69 Å². The van der Waals surface area contributed by atoms with Crippen LogP contribution in [-0.4, -0.2) is 9.55 Å². The van der Waals surface area contributed by atoms with Gasteiger partial charge in [0.2, 0.25) is 0 Å². The average molecular weight is 349 g/mol. The molecule has 0 amide bonds. The van der Waals surface area contributed by atoms with E-state index in [2.05, 4.69) is 11.9 Å². The Bertz CT molecular complexity index is 1240. The van der Waals surface area contributed by atoms with Gasteiger partial charge >= 0.3 is 5.69 Å². The van der Waals surface area contributed by atoms with E-state index in [4.69, 9.17) is 5.73 Å². The summed E-state index contributed by atoms with van der Waals surface area (Å²) in [6, 6.07) is 12.9. The van der Waals surface area contributed by atoms with Crippen LogP contribution in [0.25, 0.3) is 25.9 Å². The summed E-state index contributed by atoms with van der Waals surface area (Å²) in [5.41, 5.74) is 6.64. The van der Waals surface area contributed by atoms with Crippen molar-refractivity contribution in [2.24, 2.45) is 0 Å². The third-order valence-corrected chi connectivity index (χ3v) is 5.50. The number of hydrogen-bond acceptors (Lipinski definition) is 5. The molecule has 0 radical (unpaired) electrons. The third kappa shape index (κ3) is 2.42. The minimum absolute atomic E-state index is 0.0709. The maximum Gasteiger partial charge on any atom is 0.354 e. The predicted octanol–water partition coefficient (Wildman–Crippen LogP) is 3.11. The summed E-state index contributed by atoms with van der Waals surface area (Å²) < 4.78 is 3.23. The molecule has 0 unspecified atom stereocenters. The number of anilines is 1. The summed E-state index contributed by atoms with van der Waals surface area (Å²) >= 11 is 1.57. The first-order valence-corrected chi connectivity index (χ1v) is 8.74. The van der Waals surface area contributed by atoms with Crippen molar-refractivity contribution < 1.29 is 0 Å².